The topological polar surface area (TPSA) is 26.3 Å². The molecule has 2 heterocycles. The predicted molar refractivity (Wildman–Crippen MR) is 247 cm³/mol. The van der Waals surface area contributed by atoms with E-state index < -0.39 is 0 Å². The van der Waals surface area contributed by atoms with Gasteiger partial charge >= 0.3 is 0 Å². The van der Waals surface area contributed by atoms with Gasteiger partial charge in [0.15, 0.2) is 0 Å². The number of hydrogen-bond donors (Lipinski definition) is 0. The summed E-state index contributed by atoms with van der Waals surface area (Å²) < 4.78 is 12.6. The number of furan rings is 2. The zero-order valence-electron chi connectivity index (χ0n) is 32.6. The molecule has 2 heteroatoms. The Labute approximate surface area is 340 Å². The molecule has 0 radical (unpaired) electrons. The van der Waals surface area contributed by atoms with E-state index in [-0.39, 0.29) is 5.41 Å². The first-order valence-corrected chi connectivity index (χ1v) is 20.5. The van der Waals surface area contributed by atoms with Crippen LogP contribution in [0.4, 0.5) is 0 Å². The van der Waals surface area contributed by atoms with Crippen molar-refractivity contribution in [3.05, 3.63) is 193 Å². The van der Waals surface area contributed by atoms with Crippen LogP contribution in [0.1, 0.15) is 25.0 Å². The fourth-order valence-electron chi connectivity index (χ4n) is 10.4. The van der Waals surface area contributed by atoms with Crippen molar-refractivity contribution in [1.82, 2.24) is 0 Å². The molecule has 0 N–H and O–H groups in total. The second-order valence-electron chi connectivity index (χ2n) is 16.8. The van der Waals surface area contributed by atoms with Gasteiger partial charge in [0.05, 0.1) is 0 Å². The fourth-order valence-corrected chi connectivity index (χ4v) is 10.4. The Balaban J connectivity index is 0.922. The molecule has 2 nitrogen and oxygen atoms in total. The van der Waals surface area contributed by atoms with Gasteiger partial charge in [-0.1, -0.05) is 147 Å². The molecule has 12 aromatic rings. The van der Waals surface area contributed by atoms with Crippen LogP contribution in [0.3, 0.4) is 0 Å². The van der Waals surface area contributed by atoms with Crippen LogP contribution in [0.5, 0.6) is 0 Å². The van der Waals surface area contributed by atoms with E-state index in [2.05, 4.69) is 178 Å². The number of rotatable bonds is 3. The second kappa shape index (κ2) is 11.8. The van der Waals surface area contributed by atoms with Crippen LogP contribution in [0.15, 0.2) is 191 Å². The first kappa shape index (κ1) is 32.6. The van der Waals surface area contributed by atoms with E-state index in [1.54, 1.807) is 0 Å². The fraction of sp³-hybridized carbons (Fsp3) is 0.0526. The van der Waals surface area contributed by atoms with E-state index in [9.17, 15) is 0 Å². The third-order valence-electron chi connectivity index (χ3n) is 13.3. The molecule has 0 unspecified atom stereocenters. The highest BCUT2D eigenvalue weighted by atomic mass is 16.3. The summed E-state index contributed by atoms with van der Waals surface area (Å²) in [6.07, 6.45) is 0. The number of hydrogen-bond acceptors (Lipinski definition) is 2. The highest BCUT2D eigenvalue weighted by molar-refractivity contribution is 6.26. The van der Waals surface area contributed by atoms with Crippen molar-refractivity contribution in [3.63, 3.8) is 0 Å². The molecular weight excluding hydrogens is 717 g/mol. The molecule has 276 valence electrons. The quantitative estimate of drug-likeness (QED) is 0.168. The van der Waals surface area contributed by atoms with E-state index >= 15 is 0 Å². The summed E-state index contributed by atoms with van der Waals surface area (Å²) in [6, 6.07) is 66.7. The summed E-state index contributed by atoms with van der Waals surface area (Å²) in [7, 11) is 0. The van der Waals surface area contributed by atoms with Crippen molar-refractivity contribution in [2.24, 2.45) is 0 Å². The Hall–Kier alpha value is -7.42. The van der Waals surface area contributed by atoms with Gasteiger partial charge in [-0.25, -0.2) is 0 Å². The van der Waals surface area contributed by atoms with Crippen molar-refractivity contribution < 1.29 is 8.83 Å². The lowest BCUT2D eigenvalue weighted by molar-refractivity contribution is 0.660. The molecular formula is C57H36O2. The third kappa shape index (κ3) is 4.63. The van der Waals surface area contributed by atoms with Gasteiger partial charge < -0.3 is 8.83 Å². The van der Waals surface area contributed by atoms with E-state index in [0.29, 0.717) is 0 Å². The van der Waals surface area contributed by atoms with E-state index in [4.69, 9.17) is 8.83 Å². The Morgan fingerprint density at radius 2 is 0.763 bits per heavy atom. The Kier molecular flexibility index (Phi) is 6.54. The minimum Gasteiger partial charge on any atom is -0.456 e. The average molecular weight is 753 g/mol. The van der Waals surface area contributed by atoms with Gasteiger partial charge in [0.2, 0.25) is 0 Å². The van der Waals surface area contributed by atoms with Crippen molar-refractivity contribution in [2.45, 2.75) is 19.3 Å². The van der Waals surface area contributed by atoms with Gasteiger partial charge in [-0.05, 0) is 136 Å². The van der Waals surface area contributed by atoms with Gasteiger partial charge in [-0.3, -0.25) is 0 Å². The zero-order chi connectivity index (χ0) is 39.0. The van der Waals surface area contributed by atoms with Crippen molar-refractivity contribution >= 4 is 76.2 Å². The van der Waals surface area contributed by atoms with Gasteiger partial charge in [0.25, 0.3) is 0 Å². The maximum atomic E-state index is 6.39. The molecule has 0 bridgehead atoms. The van der Waals surface area contributed by atoms with Crippen molar-refractivity contribution in [2.75, 3.05) is 0 Å². The van der Waals surface area contributed by atoms with E-state index in [1.165, 1.54) is 76.8 Å². The van der Waals surface area contributed by atoms with Crippen LogP contribution >= 0.6 is 0 Å². The molecule has 59 heavy (non-hydrogen) atoms. The molecule has 0 spiro atoms. The zero-order valence-corrected chi connectivity index (χ0v) is 32.6. The summed E-state index contributed by atoms with van der Waals surface area (Å²) in [5, 5.41) is 12.0. The number of para-hydroxylation sites is 1. The van der Waals surface area contributed by atoms with Gasteiger partial charge in [-0.15, -0.1) is 0 Å². The average Bonchev–Trinajstić information content (AvgIpc) is 3.91. The molecule has 1 aliphatic carbocycles. The molecule has 0 aliphatic heterocycles. The molecule has 13 rings (SSSR count). The number of fused-ring (bicyclic) bond motifs is 15. The smallest absolute Gasteiger partial charge is 0.136 e. The van der Waals surface area contributed by atoms with Crippen LogP contribution in [0.25, 0.3) is 121 Å². The Morgan fingerprint density at radius 1 is 0.288 bits per heavy atom. The van der Waals surface area contributed by atoms with Crippen LogP contribution in [0, 0.1) is 0 Å². The molecule has 1 aliphatic rings. The summed E-state index contributed by atoms with van der Waals surface area (Å²) in [5.41, 5.74) is 16.2. The standard InChI is InChI=1S/C57H36O2/c1-57(2)50-18-7-5-16-44(50)56-38(17-10-19-51(56)57)37-22-25-42-41-24-21-35(28-45(41)39-13-3-4-14-40(39)46(42)30-37)33-11-9-12-34(27-33)36-23-26-53-47(29-36)49-32-54-48(31-55(49)59-53)43-15-6-8-20-52(43)58-54/h3-32H,1-2H3. The molecule has 0 fully saturated rings. The summed E-state index contributed by atoms with van der Waals surface area (Å²) in [6.45, 7) is 4.71. The van der Waals surface area contributed by atoms with Gasteiger partial charge in [0.1, 0.15) is 22.3 Å². The summed E-state index contributed by atoms with van der Waals surface area (Å²) in [5.74, 6) is 0. The highest BCUT2D eigenvalue weighted by Gasteiger charge is 2.36. The Morgan fingerprint density at radius 3 is 1.51 bits per heavy atom. The predicted octanol–water partition coefficient (Wildman–Crippen LogP) is 16.3. The maximum absolute atomic E-state index is 6.39. The molecule has 0 atom stereocenters. The molecule has 10 aromatic carbocycles. The lowest BCUT2D eigenvalue weighted by Gasteiger charge is -2.21. The van der Waals surface area contributed by atoms with Crippen LogP contribution in [-0.2, 0) is 5.41 Å². The second-order valence-corrected chi connectivity index (χ2v) is 16.8. The minimum atomic E-state index is -0.0364. The summed E-state index contributed by atoms with van der Waals surface area (Å²) >= 11 is 0. The van der Waals surface area contributed by atoms with Crippen LogP contribution < -0.4 is 0 Å². The van der Waals surface area contributed by atoms with Gasteiger partial charge in [-0.2, -0.15) is 0 Å². The van der Waals surface area contributed by atoms with Gasteiger partial charge in [0, 0.05) is 27.0 Å². The van der Waals surface area contributed by atoms with Crippen molar-refractivity contribution in [3.8, 4) is 44.5 Å². The molecule has 0 amide bonds. The number of benzene rings is 10. The van der Waals surface area contributed by atoms with Crippen LogP contribution in [0.2, 0.25) is 0 Å². The molecule has 0 saturated heterocycles. The first-order chi connectivity index (χ1) is 29.0. The SMILES string of the molecule is CC1(C)c2ccccc2-c2c(-c3ccc4c5ccc(-c6cccc(-c7ccc8oc9cc%10c(cc9c8c7)oc7ccccc7%10)c6)cc5c5ccccc5c4c3)cccc21. The maximum Gasteiger partial charge on any atom is 0.136 e. The largest absolute Gasteiger partial charge is 0.456 e. The molecule has 2 aromatic heterocycles. The lowest BCUT2D eigenvalue weighted by Crippen LogP contribution is -2.14. The normalized spacial score (nSPS) is 13.4. The van der Waals surface area contributed by atoms with Crippen LogP contribution in [-0.4, -0.2) is 0 Å². The van der Waals surface area contributed by atoms with Crippen molar-refractivity contribution in [1.29, 1.82) is 0 Å². The monoisotopic (exact) mass is 752 g/mol. The summed E-state index contributed by atoms with van der Waals surface area (Å²) in [4.78, 5) is 0. The first-order valence-electron chi connectivity index (χ1n) is 20.5. The Bertz CT molecular complexity index is 3740. The van der Waals surface area contributed by atoms with E-state index in [1.807, 2.05) is 18.2 Å². The third-order valence-corrected chi connectivity index (χ3v) is 13.3. The molecule has 0 saturated carbocycles. The minimum absolute atomic E-state index is 0.0364. The highest BCUT2D eigenvalue weighted by Crippen LogP contribution is 2.52. The van der Waals surface area contributed by atoms with E-state index in [0.717, 1.165) is 55.0 Å². The lowest BCUT2D eigenvalue weighted by atomic mass is 9.82.